The molecule has 0 aliphatic carbocycles. The molecule has 3 heterocycles. The largest absolute Gasteiger partial charge is 0.355 e. The first-order chi connectivity index (χ1) is 14.5. The van der Waals surface area contributed by atoms with E-state index >= 15 is 0 Å². The summed E-state index contributed by atoms with van der Waals surface area (Å²) in [5, 5.41) is 2.61. The Kier molecular flexibility index (Phi) is 5.53. The predicted molar refractivity (Wildman–Crippen MR) is 115 cm³/mol. The van der Waals surface area contributed by atoms with Crippen molar-refractivity contribution in [3.63, 3.8) is 0 Å². The summed E-state index contributed by atoms with van der Waals surface area (Å²) >= 11 is 0. The third-order valence-corrected chi connectivity index (χ3v) is 5.63. The maximum absolute atomic E-state index is 13.3. The first-order valence-electron chi connectivity index (χ1n) is 10.4. The van der Waals surface area contributed by atoms with Gasteiger partial charge in [-0.15, -0.1) is 0 Å². The number of aromatic nitrogens is 3. The summed E-state index contributed by atoms with van der Waals surface area (Å²) < 4.78 is 2.18. The van der Waals surface area contributed by atoms with Crippen LogP contribution < -0.4 is 5.32 Å². The number of imidazole rings is 1. The van der Waals surface area contributed by atoms with Gasteiger partial charge >= 0.3 is 0 Å². The van der Waals surface area contributed by atoms with Crippen LogP contribution in [0.5, 0.6) is 0 Å². The molecule has 1 aliphatic heterocycles. The maximum atomic E-state index is 13.3. The normalized spacial score (nSPS) is 13.6. The highest BCUT2D eigenvalue weighted by Crippen LogP contribution is 2.25. The van der Waals surface area contributed by atoms with E-state index in [1.807, 2.05) is 25.1 Å². The summed E-state index contributed by atoms with van der Waals surface area (Å²) in [5.41, 5.74) is 4.49. The van der Waals surface area contributed by atoms with Crippen LogP contribution in [-0.4, -0.2) is 45.3 Å². The molecule has 30 heavy (non-hydrogen) atoms. The van der Waals surface area contributed by atoms with Crippen molar-refractivity contribution in [2.45, 2.75) is 45.7 Å². The van der Waals surface area contributed by atoms with Crippen LogP contribution in [0.3, 0.4) is 0 Å². The Balaban J connectivity index is 1.61. The number of aryl methyl sites for hydroxylation is 3. The van der Waals surface area contributed by atoms with Gasteiger partial charge in [0.25, 0.3) is 11.8 Å². The van der Waals surface area contributed by atoms with Crippen molar-refractivity contribution in [1.82, 2.24) is 24.8 Å². The van der Waals surface area contributed by atoms with Gasteiger partial charge in [-0.3, -0.25) is 9.59 Å². The molecule has 2 aromatic heterocycles. The molecule has 0 atom stereocenters. The molecule has 1 N–H and O–H groups in total. The van der Waals surface area contributed by atoms with Gasteiger partial charge in [-0.2, -0.15) is 0 Å². The molecule has 2 amide bonds. The van der Waals surface area contributed by atoms with Crippen LogP contribution in [0.2, 0.25) is 0 Å². The first kappa shape index (κ1) is 20.1. The molecule has 0 unspecified atom stereocenters. The average Bonchev–Trinajstić information content (AvgIpc) is 2.93. The van der Waals surface area contributed by atoms with Crippen LogP contribution in [0.4, 0.5) is 0 Å². The highest BCUT2D eigenvalue weighted by molar-refractivity contribution is 6.04. The summed E-state index contributed by atoms with van der Waals surface area (Å²) in [4.78, 5) is 36.2. The molecule has 156 valence electrons. The fourth-order valence-electron chi connectivity index (χ4n) is 4.04. The lowest BCUT2D eigenvalue weighted by Crippen LogP contribution is -2.26. The maximum Gasteiger partial charge on any atom is 0.256 e. The molecule has 1 aromatic carbocycles. The van der Waals surface area contributed by atoms with Gasteiger partial charge in [-0.25, -0.2) is 9.97 Å². The molecule has 4 rings (SSSR count). The van der Waals surface area contributed by atoms with Crippen molar-refractivity contribution in [2.24, 2.45) is 0 Å². The van der Waals surface area contributed by atoms with Gasteiger partial charge in [0, 0.05) is 44.9 Å². The minimum Gasteiger partial charge on any atom is -0.355 e. The Morgan fingerprint density at radius 1 is 1.13 bits per heavy atom. The topological polar surface area (TPSA) is 80.1 Å². The Morgan fingerprint density at radius 2 is 1.90 bits per heavy atom. The predicted octanol–water partition coefficient (Wildman–Crippen LogP) is 3.10. The highest BCUT2D eigenvalue weighted by atomic mass is 16.2. The summed E-state index contributed by atoms with van der Waals surface area (Å²) in [6.07, 6.45) is 4.36. The second kappa shape index (κ2) is 8.26. The Bertz CT molecular complexity index is 1100. The zero-order valence-corrected chi connectivity index (χ0v) is 17.7. The van der Waals surface area contributed by atoms with Crippen molar-refractivity contribution < 1.29 is 9.59 Å². The van der Waals surface area contributed by atoms with Gasteiger partial charge in [-0.1, -0.05) is 18.6 Å². The lowest BCUT2D eigenvalue weighted by molar-refractivity contribution is 0.0786. The standard InChI is InChI=1S/C23H27N5O2/c1-15-13-18(20-21(25-15)28-12-6-4-5-7-19(28)26-20)23(30)27(3)14-16-8-10-17(11-9-16)22(29)24-2/h8-11,13H,4-7,12,14H2,1-3H3,(H,24,29). The molecule has 3 aromatic rings. The number of pyridine rings is 1. The van der Waals surface area contributed by atoms with Gasteiger partial charge in [0.2, 0.25) is 0 Å². The van der Waals surface area contributed by atoms with Gasteiger partial charge in [-0.05, 0) is 43.5 Å². The van der Waals surface area contributed by atoms with E-state index in [9.17, 15) is 9.59 Å². The average molecular weight is 406 g/mol. The van der Waals surface area contributed by atoms with Crippen LogP contribution in [0.25, 0.3) is 11.2 Å². The molecule has 0 saturated carbocycles. The van der Waals surface area contributed by atoms with Crippen molar-refractivity contribution in [2.75, 3.05) is 14.1 Å². The van der Waals surface area contributed by atoms with Crippen molar-refractivity contribution in [3.05, 3.63) is 58.5 Å². The third-order valence-electron chi connectivity index (χ3n) is 5.63. The van der Waals surface area contributed by atoms with Gasteiger partial charge in [0.15, 0.2) is 5.65 Å². The molecule has 0 spiro atoms. The smallest absolute Gasteiger partial charge is 0.256 e. The van der Waals surface area contributed by atoms with Crippen molar-refractivity contribution >= 4 is 23.0 Å². The van der Waals surface area contributed by atoms with Crippen LogP contribution in [-0.2, 0) is 19.5 Å². The quantitative estimate of drug-likeness (QED) is 0.723. The Morgan fingerprint density at radius 3 is 2.63 bits per heavy atom. The number of nitrogens with one attached hydrogen (secondary N) is 1. The van der Waals surface area contributed by atoms with Crippen LogP contribution in [0.15, 0.2) is 30.3 Å². The van der Waals surface area contributed by atoms with E-state index in [0.717, 1.165) is 48.5 Å². The number of nitrogens with zero attached hydrogens (tertiary/aromatic N) is 4. The number of rotatable bonds is 4. The third kappa shape index (κ3) is 3.79. The van der Waals surface area contributed by atoms with Gasteiger partial charge < -0.3 is 14.8 Å². The van der Waals surface area contributed by atoms with E-state index < -0.39 is 0 Å². The van der Waals surface area contributed by atoms with Crippen LogP contribution >= 0.6 is 0 Å². The molecule has 0 fully saturated rings. The molecule has 7 nitrogen and oxygen atoms in total. The summed E-state index contributed by atoms with van der Waals surface area (Å²) in [6.45, 7) is 3.27. The number of amides is 2. The number of fused-ring (bicyclic) bond motifs is 3. The molecule has 0 bridgehead atoms. The fraction of sp³-hybridized carbons (Fsp3) is 0.391. The van der Waals surface area contributed by atoms with E-state index in [0.29, 0.717) is 23.2 Å². The zero-order chi connectivity index (χ0) is 21.3. The molecule has 7 heteroatoms. The van der Waals surface area contributed by atoms with E-state index in [-0.39, 0.29) is 11.8 Å². The highest BCUT2D eigenvalue weighted by Gasteiger charge is 2.22. The van der Waals surface area contributed by atoms with Crippen LogP contribution in [0.1, 0.15) is 57.1 Å². The molecule has 0 radical (unpaired) electrons. The van der Waals surface area contributed by atoms with E-state index in [1.165, 1.54) is 6.42 Å². The molecule has 0 saturated heterocycles. The lowest BCUT2D eigenvalue weighted by Gasteiger charge is -2.18. The molecule has 1 aliphatic rings. The second-order valence-corrected chi connectivity index (χ2v) is 7.91. The van der Waals surface area contributed by atoms with Crippen LogP contribution in [0, 0.1) is 6.92 Å². The minimum atomic E-state index is -0.125. The monoisotopic (exact) mass is 405 g/mol. The number of carbonyl (C=O) groups excluding carboxylic acids is 2. The van der Waals surface area contributed by atoms with Crippen molar-refractivity contribution in [3.8, 4) is 0 Å². The zero-order valence-electron chi connectivity index (χ0n) is 17.7. The summed E-state index contributed by atoms with van der Waals surface area (Å²) in [6, 6.07) is 9.13. The number of benzene rings is 1. The lowest BCUT2D eigenvalue weighted by atomic mass is 10.1. The Labute approximate surface area is 176 Å². The SMILES string of the molecule is CNC(=O)c1ccc(CN(C)C(=O)c2cc(C)nc3c2nc2n3CCCCC2)cc1. The second-order valence-electron chi connectivity index (χ2n) is 7.91. The number of hydrogen-bond donors (Lipinski definition) is 1. The van der Waals surface area contributed by atoms with E-state index in [2.05, 4.69) is 9.88 Å². The Hall–Kier alpha value is -3.22. The summed E-state index contributed by atoms with van der Waals surface area (Å²) in [5.74, 6) is 0.830. The minimum absolute atomic E-state index is 0.0749. The number of carbonyl (C=O) groups is 2. The summed E-state index contributed by atoms with van der Waals surface area (Å²) in [7, 11) is 3.40. The number of hydrogen-bond acceptors (Lipinski definition) is 4. The first-order valence-corrected chi connectivity index (χ1v) is 10.4. The molecular formula is C23H27N5O2. The van der Waals surface area contributed by atoms with Gasteiger partial charge in [0.05, 0.1) is 5.56 Å². The van der Waals surface area contributed by atoms with E-state index in [1.54, 1.807) is 31.1 Å². The van der Waals surface area contributed by atoms with E-state index in [4.69, 9.17) is 9.97 Å². The van der Waals surface area contributed by atoms with Crippen molar-refractivity contribution in [1.29, 1.82) is 0 Å². The molecular weight excluding hydrogens is 378 g/mol. The van der Waals surface area contributed by atoms with Gasteiger partial charge in [0.1, 0.15) is 11.3 Å². The fourth-order valence-corrected chi connectivity index (χ4v) is 4.04.